The first-order valence-electron chi connectivity index (χ1n) is 7.96. The molecule has 2 saturated heterocycles. The summed E-state index contributed by atoms with van der Waals surface area (Å²) >= 11 is 0. The number of benzene rings is 1. The maximum atomic E-state index is 10.1. The number of aromatic hydroxyl groups is 1. The van der Waals surface area contributed by atoms with Gasteiger partial charge in [0.25, 0.3) is 0 Å². The molecule has 2 fully saturated rings. The van der Waals surface area contributed by atoms with Gasteiger partial charge in [0.2, 0.25) is 0 Å². The lowest BCUT2D eigenvalue weighted by Gasteiger charge is -2.52. The zero-order chi connectivity index (χ0) is 14.6. The van der Waals surface area contributed by atoms with Gasteiger partial charge in [0.1, 0.15) is 5.60 Å². The zero-order valence-corrected chi connectivity index (χ0v) is 12.6. The van der Waals surface area contributed by atoms with Crippen LogP contribution in [0.2, 0.25) is 0 Å². The Kier molecular flexibility index (Phi) is 2.95. The molecule has 3 aliphatic rings. The molecule has 1 aromatic rings. The van der Waals surface area contributed by atoms with Gasteiger partial charge in [0.15, 0.2) is 11.5 Å². The van der Waals surface area contributed by atoms with Crippen LogP contribution in [-0.2, 0) is 4.74 Å². The van der Waals surface area contributed by atoms with E-state index in [4.69, 9.17) is 9.47 Å². The first kappa shape index (κ1) is 13.4. The molecule has 0 unspecified atom stereocenters. The highest BCUT2D eigenvalue weighted by Gasteiger charge is 2.51. The highest BCUT2D eigenvalue weighted by atomic mass is 16.5. The molecule has 1 aromatic carbocycles. The van der Waals surface area contributed by atoms with Crippen LogP contribution in [0.25, 0.3) is 0 Å². The van der Waals surface area contributed by atoms with E-state index in [0.717, 1.165) is 24.9 Å². The number of phenols is 1. The lowest BCUT2D eigenvalue weighted by atomic mass is 9.73. The Morgan fingerprint density at radius 3 is 3.05 bits per heavy atom. The van der Waals surface area contributed by atoms with Gasteiger partial charge in [0.05, 0.1) is 12.2 Å². The first-order valence-corrected chi connectivity index (χ1v) is 7.96. The normalized spacial score (nSPS) is 36.9. The van der Waals surface area contributed by atoms with Crippen molar-refractivity contribution < 1.29 is 14.6 Å². The molecule has 0 aromatic heterocycles. The second kappa shape index (κ2) is 4.62. The van der Waals surface area contributed by atoms with E-state index in [0.29, 0.717) is 17.7 Å². The first-order chi connectivity index (χ1) is 10.1. The Morgan fingerprint density at radius 2 is 2.19 bits per heavy atom. The van der Waals surface area contributed by atoms with Gasteiger partial charge in [-0.05, 0) is 45.7 Å². The molecule has 2 N–H and O–H groups in total. The third-order valence-corrected chi connectivity index (χ3v) is 5.30. The van der Waals surface area contributed by atoms with Gasteiger partial charge < -0.3 is 19.9 Å². The quantitative estimate of drug-likeness (QED) is 0.771. The Hall–Kier alpha value is -1.26. The molecule has 0 spiro atoms. The van der Waals surface area contributed by atoms with Crippen molar-refractivity contribution in [1.29, 1.82) is 0 Å². The van der Waals surface area contributed by atoms with Gasteiger partial charge in [0, 0.05) is 17.5 Å². The van der Waals surface area contributed by atoms with Crippen molar-refractivity contribution in [3.8, 4) is 11.5 Å². The molecule has 3 heterocycles. The Morgan fingerprint density at radius 1 is 1.33 bits per heavy atom. The van der Waals surface area contributed by atoms with Crippen molar-refractivity contribution >= 4 is 0 Å². The minimum absolute atomic E-state index is 0.0250. The van der Waals surface area contributed by atoms with Gasteiger partial charge >= 0.3 is 0 Å². The van der Waals surface area contributed by atoms with E-state index in [1.54, 1.807) is 6.07 Å². The molecule has 4 atom stereocenters. The second-order valence-corrected chi connectivity index (χ2v) is 7.04. The summed E-state index contributed by atoms with van der Waals surface area (Å²) in [6.07, 6.45) is 3.67. The van der Waals surface area contributed by atoms with Crippen LogP contribution < -0.4 is 10.1 Å². The van der Waals surface area contributed by atoms with Crippen LogP contribution in [-0.4, -0.2) is 29.4 Å². The number of ether oxygens (including phenoxy) is 2. The molecule has 114 valence electrons. The number of hydrogen-bond acceptors (Lipinski definition) is 4. The number of piperidine rings is 1. The van der Waals surface area contributed by atoms with E-state index in [2.05, 4.69) is 19.2 Å². The van der Waals surface area contributed by atoms with E-state index in [1.165, 1.54) is 6.42 Å². The van der Waals surface area contributed by atoms with Crippen LogP contribution in [0.15, 0.2) is 18.2 Å². The molecule has 4 nitrogen and oxygen atoms in total. The number of hydrogen-bond donors (Lipinski definition) is 2. The van der Waals surface area contributed by atoms with Crippen molar-refractivity contribution in [3.05, 3.63) is 23.8 Å². The summed E-state index contributed by atoms with van der Waals surface area (Å²) in [5.74, 6) is 1.12. The van der Waals surface area contributed by atoms with Gasteiger partial charge in [-0.25, -0.2) is 0 Å². The summed E-state index contributed by atoms with van der Waals surface area (Å²) in [6, 6.07) is 6.02. The summed E-state index contributed by atoms with van der Waals surface area (Å²) in [5.41, 5.74) is 0.670. The fourth-order valence-corrected chi connectivity index (χ4v) is 4.16. The number of fused-ring (bicyclic) bond motifs is 4. The molecule has 21 heavy (non-hydrogen) atoms. The largest absolute Gasteiger partial charge is 0.504 e. The molecular weight excluding hydrogens is 266 g/mol. The predicted octanol–water partition coefficient (Wildman–Crippen LogP) is 2.76. The molecular formula is C17H23NO3. The lowest BCUT2D eigenvalue weighted by Crippen LogP contribution is -2.57. The molecule has 0 radical (unpaired) electrons. The van der Waals surface area contributed by atoms with Crippen molar-refractivity contribution in [3.63, 3.8) is 0 Å². The minimum Gasteiger partial charge on any atom is -0.504 e. The smallest absolute Gasteiger partial charge is 0.167 e. The summed E-state index contributed by atoms with van der Waals surface area (Å²) in [6.45, 7) is 5.29. The molecule has 0 saturated carbocycles. The molecule has 4 heteroatoms. The van der Waals surface area contributed by atoms with Gasteiger partial charge in [-0.3, -0.25) is 0 Å². The van der Waals surface area contributed by atoms with E-state index < -0.39 is 0 Å². The second-order valence-electron chi connectivity index (χ2n) is 7.04. The maximum Gasteiger partial charge on any atom is 0.167 e. The third-order valence-electron chi connectivity index (χ3n) is 5.30. The molecule has 0 bridgehead atoms. The lowest BCUT2D eigenvalue weighted by molar-refractivity contribution is -0.168. The number of nitrogens with one attached hydrogen (secondary N) is 1. The average molecular weight is 289 g/mol. The van der Waals surface area contributed by atoms with Crippen LogP contribution in [0.1, 0.15) is 44.8 Å². The van der Waals surface area contributed by atoms with Crippen LogP contribution in [0.3, 0.4) is 0 Å². The van der Waals surface area contributed by atoms with Crippen molar-refractivity contribution in [2.75, 3.05) is 6.54 Å². The molecule has 3 aliphatic heterocycles. The average Bonchev–Trinajstić information content (AvgIpc) is 2.47. The number of rotatable bonds is 0. The SMILES string of the molecule is CC1(C)Oc2c(O)cccc2[C@@H]2O[C@@H]3CCCN[C@@H]3C[C@H]21. The Labute approximate surface area is 125 Å². The van der Waals surface area contributed by atoms with E-state index >= 15 is 0 Å². The summed E-state index contributed by atoms with van der Waals surface area (Å²) in [7, 11) is 0. The van der Waals surface area contributed by atoms with Gasteiger partial charge in [-0.15, -0.1) is 0 Å². The number of phenolic OH excluding ortho intramolecular Hbond substituents is 1. The Balaban J connectivity index is 1.75. The molecule has 0 aliphatic carbocycles. The van der Waals surface area contributed by atoms with E-state index in [-0.39, 0.29) is 23.6 Å². The topological polar surface area (TPSA) is 50.7 Å². The standard InChI is InChI=1S/C17H23NO3/c1-17(2)11-9-12-14(7-4-8-18-12)20-15(11)10-5-3-6-13(19)16(10)21-17/h3,5-6,11-12,14-15,18-19H,4,7-9H2,1-2H3/t11-,12-,14-,15+/m1/s1. The fourth-order valence-electron chi connectivity index (χ4n) is 4.16. The molecule has 0 amide bonds. The van der Waals surface area contributed by atoms with Crippen LogP contribution in [0.4, 0.5) is 0 Å². The van der Waals surface area contributed by atoms with Gasteiger partial charge in [-0.2, -0.15) is 0 Å². The van der Waals surface area contributed by atoms with E-state index in [1.807, 2.05) is 12.1 Å². The van der Waals surface area contributed by atoms with E-state index in [9.17, 15) is 5.11 Å². The van der Waals surface area contributed by atoms with Crippen molar-refractivity contribution in [2.45, 2.75) is 57.0 Å². The highest BCUT2D eigenvalue weighted by molar-refractivity contribution is 5.49. The van der Waals surface area contributed by atoms with Gasteiger partial charge in [-0.1, -0.05) is 12.1 Å². The fraction of sp³-hybridized carbons (Fsp3) is 0.647. The van der Waals surface area contributed by atoms with Crippen molar-refractivity contribution in [1.82, 2.24) is 5.32 Å². The molecule has 4 rings (SSSR count). The third kappa shape index (κ3) is 2.04. The number of para-hydroxylation sites is 1. The summed E-state index contributed by atoms with van der Waals surface area (Å²) < 4.78 is 12.6. The monoisotopic (exact) mass is 289 g/mol. The van der Waals surface area contributed by atoms with Crippen molar-refractivity contribution in [2.24, 2.45) is 5.92 Å². The Bertz CT molecular complexity index is 557. The summed E-state index contributed by atoms with van der Waals surface area (Å²) in [4.78, 5) is 0. The predicted molar refractivity (Wildman–Crippen MR) is 79.6 cm³/mol. The zero-order valence-electron chi connectivity index (χ0n) is 12.6. The minimum atomic E-state index is -0.333. The summed E-state index contributed by atoms with van der Waals surface area (Å²) in [5, 5.41) is 13.7. The van der Waals surface area contributed by atoms with Crippen LogP contribution in [0.5, 0.6) is 11.5 Å². The van der Waals surface area contributed by atoms with Crippen LogP contribution >= 0.6 is 0 Å². The highest BCUT2D eigenvalue weighted by Crippen LogP contribution is 2.53. The maximum absolute atomic E-state index is 10.1. The van der Waals surface area contributed by atoms with Crippen LogP contribution in [0, 0.1) is 5.92 Å².